The summed E-state index contributed by atoms with van der Waals surface area (Å²) in [5, 5.41) is 0. The van der Waals surface area contributed by atoms with Gasteiger partial charge in [-0.05, 0) is 46.2 Å². The molecule has 0 bridgehead atoms. The zero-order chi connectivity index (χ0) is 9.84. The van der Waals surface area contributed by atoms with Crippen LogP contribution in [-0.2, 0) is 4.79 Å². The fourth-order valence-corrected chi connectivity index (χ4v) is 1.68. The first-order chi connectivity index (χ1) is 6.15. The number of hydrogen-bond acceptors (Lipinski definition) is 2. The molecule has 0 saturated carbocycles. The summed E-state index contributed by atoms with van der Waals surface area (Å²) >= 11 is 2.17. The first-order valence-corrected chi connectivity index (χ1v) is 5.10. The molecule has 1 rings (SSSR count). The summed E-state index contributed by atoms with van der Waals surface area (Å²) in [5.41, 5.74) is 1.95. The van der Waals surface area contributed by atoms with E-state index in [4.69, 9.17) is 0 Å². The monoisotopic (exact) mass is 287 g/mol. The molecule has 0 saturated heterocycles. The van der Waals surface area contributed by atoms with E-state index < -0.39 is 0 Å². The Balaban J connectivity index is 3.12. The molecule has 2 nitrogen and oxygen atoms in total. The number of carbonyl (C=O) groups excluding carboxylic acids is 1. The summed E-state index contributed by atoms with van der Waals surface area (Å²) in [5.74, 6) is 0.503. The van der Waals surface area contributed by atoms with Gasteiger partial charge in [0.15, 0.2) is 0 Å². The molecule has 0 unspecified atom stereocenters. The molecule has 0 atom stereocenters. The zero-order valence-electron chi connectivity index (χ0n) is 7.54. The molecule has 0 aliphatic rings. The van der Waals surface area contributed by atoms with E-state index in [1.54, 1.807) is 6.08 Å². The van der Waals surface area contributed by atoms with Gasteiger partial charge in [0.1, 0.15) is 0 Å². The van der Waals surface area contributed by atoms with E-state index in [-0.39, 0.29) is 0 Å². The van der Waals surface area contributed by atoms with Gasteiger partial charge in [-0.25, -0.2) is 4.79 Å². The first-order valence-electron chi connectivity index (χ1n) is 4.02. The van der Waals surface area contributed by atoms with Gasteiger partial charge in [-0.1, -0.05) is 19.9 Å². The first kappa shape index (κ1) is 10.4. The second-order valence-corrected chi connectivity index (χ2v) is 4.23. The Labute approximate surface area is 91.2 Å². The molecular formula is C10H10INO. The predicted molar refractivity (Wildman–Crippen MR) is 61.0 cm³/mol. The van der Waals surface area contributed by atoms with Crippen LogP contribution in [0.25, 0.3) is 0 Å². The van der Waals surface area contributed by atoms with Gasteiger partial charge in [-0.15, -0.1) is 0 Å². The summed E-state index contributed by atoms with van der Waals surface area (Å²) in [6.07, 6.45) is 1.54. The van der Waals surface area contributed by atoms with Crippen molar-refractivity contribution in [2.24, 2.45) is 4.99 Å². The molecule has 0 aliphatic carbocycles. The molecule has 0 amide bonds. The van der Waals surface area contributed by atoms with Crippen molar-refractivity contribution in [3.8, 4) is 0 Å². The average molecular weight is 287 g/mol. The van der Waals surface area contributed by atoms with Crippen LogP contribution < -0.4 is 0 Å². The van der Waals surface area contributed by atoms with Gasteiger partial charge in [-0.2, -0.15) is 4.99 Å². The molecule has 1 aromatic rings. The topological polar surface area (TPSA) is 29.4 Å². The lowest BCUT2D eigenvalue weighted by atomic mass is 10.0. The molecule has 0 aliphatic heterocycles. The Morgan fingerprint density at radius 3 is 2.62 bits per heavy atom. The van der Waals surface area contributed by atoms with Crippen LogP contribution in [-0.4, -0.2) is 6.08 Å². The number of rotatable bonds is 2. The zero-order valence-corrected chi connectivity index (χ0v) is 9.70. The molecule has 0 spiro atoms. The third kappa shape index (κ3) is 2.64. The lowest BCUT2D eigenvalue weighted by molar-refractivity contribution is 0.565. The summed E-state index contributed by atoms with van der Waals surface area (Å²) in [7, 11) is 0. The molecule has 68 valence electrons. The Kier molecular flexibility index (Phi) is 3.63. The second kappa shape index (κ2) is 4.53. The lowest BCUT2D eigenvalue weighted by Crippen LogP contribution is -1.87. The van der Waals surface area contributed by atoms with Crippen LogP contribution in [0.4, 0.5) is 5.69 Å². The van der Waals surface area contributed by atoms with Crippen molar-refractivity contribution >= 4 is 34.4 Å². The minimum Gasteiger partial charge on any atom is -0.211 e. The van der Waals surface area contributed by atoms with Crippen LogP contribution >= 0.6 is 22.6 Å². The van der Waals surface area contributed by atoms with Crippen molar-refractivity contribution in [2.45, 2.75) is 19.8 Å². The summed E-state index contributed by atoms with van der Waals surface area (Å²) in [6.45, 7) is 4.27. The summed E-state index contributed by atoms with van der Waals surface area (Å²) in [6, 6.07) is 5.88. The quantitative estimate of drug-likeness (QED) is 0.466. The SMILES string of the molecule is CC(C)c1ccc(N=C=O)c(I)c1. The summed E-state index contributed by atoms with van der Waals surface area (Å²) < 4.78 is 0.993. The van der Waals surface area contributed by atoms with Gasteiger partial charge >= 0.3 is 0 Å². The fraction of sp³-hybridized carbons (Fsp3) is 0.300. The Morgan fingerprint density at radius 1 is 1.46 bits per heavy atom. The number of isocyanates is 1. The van der Waals surface area contributed by atoms with Gasteiger partial charge in [0.2, 0.25) is 6.08 Å². The molecule has 0 heterocycles. The third-order valence-corrected chi connectivity index (χ3v) is 2.67. The maximum Gasteiger partial charge on any atom is 0.240 e. The second-order valence-electron chi connectivity index (χ2n) is 3.07. The largest absolute Gasteiger partial charge is 0.240 e. The molecule has 13 heavy (non-hydrogen) atoms. The smallest absolute Gasteiger partial charge is 0.211 e. The van der Waals surface area contributed by atoms with Gasteiger partial charge in [0, 0.05) is 3.57 Å². The Morgan fingerprint density at radius 2 is 2.15 bits per heavy atom. The number of nitrogens with zero attached hydrogens (tertiary/aromatic N) is 1. The molecule has 0 N–H and O–H groups in total. The van der Waals surface area contributed by atoms with E-state index in [2.05, 4.69) is 41.4 Å². The van der Waals surface area contributed by atoms with Crippen LogP contribution in [0.1, 0.15) is 25.3 Å². The fourth-order valence-electron chi connectivity index (χ4n) is 1.02. The van der Waals surface area contributed by atoms with Gasteiger partial charge in [0.25, 0.3) is 0 Å². The van der Waals surface area contributed by atoms with Crippen LogP contribution in [0, 0.1) is 3.57 Å². The van der Waals surface area contributed by atoms with Crippen LogP contribution in [0.3, 0.4) is 0 Å². The van der Waals surface area contributed by atoms with Gasteiger partial charge in [-0.3, -0.25) is 0 Å². The van der Waals surface area contributed by atoms with Crippen LogP contribution in [0.2, 0.25) is 0 Å². The van der Waals surface area contributed by atoms with Crippen molar-refractivity contribution < 1.29 is 4.79 Å². The van der Waals surface area contributed by atoms with Crippen molar-refractivity contribution in [1.29, 1.82) is 0 Å². The highest BCUT2D eigenvalue weighted by atomic mass is 127. The molecule has 0 aromatic heterocycles. The minimum absolute atomic E-state index is 0.503. The van der Waals surface area contributed by atoms with E-state index in [0.29, 0.717) is 11.6 Å². The van der Waals surface area contributed by atoms with E-state index in [0.717, 1.165) is 3.57 Å². The highest BCUT2D eigenvalue weighted by molar-refractivity contribution is 14.1. The molecule has 1 aromatic carbocycles. The minimum atomic E-state index is 0.503. The number of aliphatic imine (C=N–C) groups is 1. The Hall–Kier alpha value is -0.670. The third-order valence-electron chi connectivity index (χ3n) is 1.80. The molecule has 3 heteroatoms. The van der Waals surface area contributed by atoms with E-state index in [9.17, 15) is 4.79 Å². The van der Waals surface area contributed by atoms with Crippen LogP contribution in [0.5, 0.6) is 0 Å². The average Bonchev–Trinajstić information content (AvgIpc) is 2.08. The van der Waals surface area contributed by atoms with E-state index in [1.165, 1.54) is 5.56 Å². The molecule has 0 radical (unpaired) electrons. The predicted octanol–water partition coefficient (Wildman–Crippen LogP) is 3.38. The van der Waals surface area contributed by atoms with Crippen molar-refractivity contribution in [3.05, 3.63) is 27.3 Å². The van der Waals surface area contributed by atoms with Crippen molar-refractivity contribution in [3.63, 3.8) is 0 Å². The van der Waals surface area contributed by atoms with Crippen molar-refractivity contribution in [1.82, 2.24) is 0 Å². The van der Waals surface area contributed by atoms with E-state index >= 15 is 0 Å². The molecule has 0 fully saturated rings. The normalized spacial score (nSPS) is 9.85. The standard InChI is InChI=1S/C10H10INO/c1-7(2)8-3-4-10(12-6-13)9(11)5-8/h3-5,7H,1-2H3. The van der Waals surface area contributed by atoms with E-state index in [1.807, 2.05) is 18.2 Å². The molecular weight excluding hydrogens is 277 g/mol. The summed E-state index contributed by atoms with van der Waals surface area (Å²) in [4.78, 5) is 13.6. The number of benzene rings is 1. The van der Waals surface area contributed by atoms with Crippen molar-refractivity contribution in [2.75, 3.05) is 0 Å². The number of hydrogen-bond donors (Lipinski definition) is 0. The maximum atomic E-state index is 10.1. The highest BCUT2D eigenvalue weighted by Crippen LogP contribution is 2.25. The lowest BCUT2D eigenvalue weighted by Gasteiger charge is -2.05. The highest BCUT2D eigenvalue weighted by Gasteiger charge is 2.02. The number of halogens is 1. The van der Waals surface area contributed by atoms with Crippen LogP contribution in [0.15, 0.2) is 23.2 Å². The Bertz CT molecular complexity index is 354. The van der Waals surface area contributed by atoms with Gasteiger partial charge < -0.3 is 0 Å². The maximum absolute atomic E-state index is 10.1. The van der Waals surface area contributed by atoms with Gasteiger partial charge in [0.05, 0.1) is 5.69 Å².